The van der Waals surface area contributed by atoms with Crippen LogP contribution in [0.1, 0.15) is 16.7 Å². The molecule has 0 amide bonds. The van der Waals surface area contributed by atoms with Gasteiger partial charge in [-0.3, -0.25) is 9.36 Å². The van der Waals surface area contributed by atoms with Gasteiger partial charge in [0.15, 0.2) is 0 Å². The average Bonchev–Trinajstić information content (AvgIpc) is 2.93. The van der Waals surface area contributed by atoms with E-state index in [0.717, 1.165) is 4.88 Å². The van der Waals surface area contributed by atoms with Crippen LogP contribution in [0.5, 0.6) is 0 Å². The minimum Gasteiger partial charge on any atom is -0.277 e. The van der Waals surface area contributed by atoms with Gasteiger partial charge in [-0.2, -0.15) is 5.10 Å². The van der Waals surface area contributed by atoms with Gasteiger partial charge < -0.3 is 0 Å². The van der Waals surface area contributed by atoms with Gasteiger partial charge in [0.1, 0.15) is 0 Å². The monoisotopic (exact) mass is 312 g/mol. The van der Waals surface area contributed by atoms with Gasteiger partial charge in [-0.1, -0.05) is 12.1 Å². The Morgan fingerprint density at radius 2 is 2.14 bits per heavy atom. The summed E-state index contributed by atoms with van der Waals surface area (Å²) in [6.07, 6.45) is 1.74. The Labute approximate surface area is 131 Å². The lowest BCUT2D eigenvalue weighted by Crippen LogP contribution is -2.23. The molecule has 5 nitrogen and oxygen atoms in total. The number of para-hydroxylation sites is 1. The Morgan fingerprint density at radius 1 is 1.32 bits per heavy atom. The highest BCUT2D eigenvalue weighted by atomic mass is 32.1. The minimum absolute atomic E-state index is 0.0576. The summed E-state index contributed by atoms with van der Waals surface area (Å²) in [4.78, 5) is 19.2. The van der Waals surface area contributed by atoms with Crippen molar-refractivity contribution >= 4 is 34.4 Å². The Morgan fingerprint density at radius 3 is 2.86 bits per heavy atom. The second-order valence-electron chi connectivity index (χ2n) is 4.82. The van der Waals surface area contributed by atoms with E-state index in [1.54, 1.807) is 28.2 Å². The molecule has 0 fully saturated rings. The number of fused-ring (bicyclic) bond motifs is 1. The van der Waals surface area contributed by atoms with E-state index >= 15 is 0 Å². The van der Waals surface area contributed by atoms with E-state index < -0.39 is 0 Å². The van der Waals surface area contributed by atoms with Crippen molar-refractivity contribution in [2.45, 2.75) is 20.4 Å². The standard InChI is InChI=1S/C16H16N4OS/c1-3-20-15(21)13-6-4-5-7-14(13)18-16(20)19-17-10-12-9-8-11(2)22-12/h4-10H,3H2,1-2H3,(H,18,19)/b17-10-. The summed E-state index contributed by atoms with van der Waals surface area (Å²) in [6.45, 7) is 4.50. The van der Waals surface area contributed by atoms with Crippen LogP contribution < -0.4 is 11.0 Å². The molecule has 112 valence electrons. The first-order valence-corrected chi connectivity index (χ1v) is 7.86. The molecule has 3 rings (SSSR count). The van der Waals surface area contributed by atoms with E-state index in [0.29, 0.717) is 23.4 Å². The van der Waals surface area contributed by atoms with Crippen molar-refractivity contribution in [2.75, 3.05) is 5.43 Å². The van der Waals surface area contributed by atoms with Crippen molar-refractivity contribution in [3.63, 3.8) is 0 Å². The molecular weight excluding hydrogens is 296 g/mol. The van der Waals surface area contributed by atoms with Crippen LogP contribution in [0.25, 0.3) is 10.9 Å². The van der Waals surface area contributed by atoms with Crippen molar-refractivity contribution in [3.8, 4) is 0 Å². The molecule has 0 saturated carbocycles. The van der Waals surface area contributed by atoms with Crippen molar-refractivity contribution in [3.05, 3.63) is 56.5 Å². The zero-order chi connectivity index (χ0) is 15.5. The maximum absolute atomic E-state index is 12.4. The van der Waals surface area contributed by atoms with E-state index in [4.69, 9.17) is 0 Å². The lowest BCUT2D eigenvalue weighted by Gasteiger charge is -2.10. The summed E-state index contributed by atoms with van der Waals surface area (Å²) >= 11 is 1.66. The van der Waals surface area contributed by atoms with Crippen LogP contribution in [0.4, 0.5) is 5.95 Å². The largest absolute Gasteiger partial charge is 0.277 e. The van der Waals surface area contributed by atoms with Crippen LogP contribution in [-0.4, -0.2) is 15.8 Å². The molecule has 0 saturated heterocycles. The molecule has 3 aromatic rings. The van der Waals surface area contributed by atoms with Gasteiger partial charge in [-0.25, -0.2) is 10.4 Å². The molecule has 0 radical (unpaired) electrons. The van der Waals surface area contributed by atoms with Crippen molar-refractivity contribution in [2.24, 2.45) is 5.10 Å². The summed E-state index contributed by atoms with van der Waals surface area (Å²) in [5, 5.41) is 4.81. The highest BCUT2D eigenvalue weighted by Crippen LogP contribution is 2.13. The van der Waals surface area contributed by atoms with Gasteiger partial charge in [-0.05, 0) is 38.1 Å². The Kier molecular flexibility index (Phi) is 4.02. The molecule has 2 aromatic heterocycles. The summed E-state index contributed by atoms with van der Waals surface area (Å²) in [7, 11) is 0. The molecule has 0 unspecified atom stereocenters. The Hall–Kier alpha value is -2.47. The second kappa shape index (κ2) is 6.11. The van der Waals surface area contributed by atoms with Crippen LogP contribution in [-0.2, 0) is 6.54 Å². The molecule has 0 bridgehead atoms. The molecule has 0 aliphatic heterocycles. The quantitative estimate of drug-likeness (QED) is 0.594. The molecule has 1 aromatic carbocycles. The van der Waals surface area contributed by atoms with Gasteiger partial charge >= 0.3 is 0 Å². The first-order chi connectivity index (χ1) is 10.7. The predicted octanol–water partition coefficient (Wildman–Crippen LogP) is 3.23. The third kappa shape index (κ3) is 2.78. The van der Waals surface area contributed by atoms with Crippen molar-refractivity contribution < 1.29 is 0 Å². The average molecular weight is 312 g/mol. The van der Waals surface area contributed by atoms with Gasteiger partial charge in [0.25, 0.3) is 5.56 Å². The van der Waals surface area contributed by atoms with E-state index in [1.165, 1.54) is 4.88 Å². The smallest absolute Gasteiger partial charge is 0.262 e. The number of rotatable bonds is 4. The first kappa shape index (κ1) is 14.5. The Bertz CT molecular complexity index is 895. The van der Waals surface area contributed by atoms with E-state index in [9.17, 15) is 4.79 Å². The number of hydrogen-bond acceptors (Lipinski definition) is 5. The molecular formula is C16H16N4OS. The zero-order valence-electron chi connectivity index (χ0n) is 12.4. The fourth-order valence-electron chi connectivity index (χ4n) is 2.22. The third-order valence-corrected chi connectivity index (χ3v) is 4.23. The van der Waals surface area contributed by atoms with Crippen LogP contribution in [0.3, 0.4) is 0 Å². The van der Waals surface area contributed by atoms with Gasteiger partial charge in [0.05, 0.1) is 17.1 Å². The maximum atomic E-state index is 12.4. The highest BCUT2D eigenvalue weighted by Gasteiger charge is 2.08. The van der Waals surface area contributed by atoms with Crippen LogP contribution >= 0.6 is 11.3 Å². The summed E-state index contributed by atoms with van der Waals surface area (Å²) < 4.78 is 1.58. The topological polar surface area (TPSA) is 59.3 Å². The van der Waals surface area contributed by atoms with Crippen molar-refractivity contribution in [1.29, 1.82) is 0 Å². The second-order valence-corrected chi connectivity index (χ2v) is 6.14. The first-order valence-electron chi connectivity index (χ1n) is 7.04. The van der Waals surface area contributed by atoms with E-state index in [-0.39, 0.29) is 5.56 Å². The predicted molar refractivity (Wildman–Crippen MR) is 91.9 cm³/mol. The van der Waals surface area contributed by atoms with Crippen molar-refractivity contribution in [1.82, 2.24) is 9.55 Å². The molecule has 22 heavy (non-hydrogen) atoms. The van der Waals surface area contributed by atoms with Gasteiger partial charge in [-0.15, -0.1) is 11.3 Å². The van der Waals surface area contributed by atoms with Gasteiger partial charge in [0, 0.05) is 16.3 Å². The number of benzene rings is 1. The number of aryl methyl sites for hydroxylation is 1. The van der Waals surface area contributed by atoms with Crippen LogP contribution in [0.2, 0.25) is 0 Å². The normalized spacial score (nSPS) is 11.4. The van der Waals surface area contributed by atoms with E-state index in [1.807, 2.05) is 37.3 Å². The summed E-state index contributed by atoms with van der Waals surface area (Å²) in [5.41, 5.74) is 3.49. The molecule has 0 atom stereocenters. The molecule has 2 heterocycles. The summed E-state index contributed by atoms with van der Waals surface area (Å²) in [6, 6.07) is 11.4. The fourth-order valence-corrected chi connectivity index (χ4v) is 2.97. The summed E-state index contributed by atoms with van der Waals surface area (Å²) in [5.74, 6) is 0.454. The lowest BCUT2D eigenvalue weighted by atomic mass is 10.2. The van der Waals surface area contributed by atoms with Crippen LogP contribution in [0, 0.1) is 6.92 Å². The number of thiophene rings is 1. The lowest BCUT2D eigenvalue weighted by molar-refractivity contribution is 0.724. The number of nitrogens with zero attached hydrogens (tertiary/aromatic N) is 3. The van der Waals surface area contributed by atoms with Gasteiger partial charge in [0.2, 0.25) is 5.95 Å². The molecule has 1 N–H and O–H groups in total. The maximum Gasteiger partial charge on any atom is 0.262 e. The molecule has 0 aliphatic rings. The minimum atomic E-state index is -0.0576. The molecule has 0 aliphatic carbocycles. The zero-order valence-corrected chi connectivity index (χ0v) is 13.2. The molecule has 0 spiro atoms. The molecule has 6 heteroatoms. The Balaban J connectivity index is 1.96. The van der Waals surface area contributed by atoms with E-state index in [2.05, 4.69) is 22.4 Å². The number of anilines is 1. The number of nitrogens with one attached hydrogen (secondary N) is 1. The SMILES string of the molecule is CCn1c(N/N=C\c2ccc(C)s2)nc2ccccc2c1=O. The number of hydrogen-bond donors (Lipinski definition) is 1. The third-order valence-electron chi connectivity index (χ3n) is 3.30. The number of hydrazone groups is 1. The van der Waals surface area contributed by atoms with Crippen LogP contribution in [0.15, 0.2) is 46.3 Å². The fraction of sp³-hybridized carbons (Fsp3) is 0.188. The highest BCUT2D eigenvalue weighted by molar-refractivity contribution is 7.13. The number of aromatic nitrogens is 2.